The number of aromatic amines is 1. The number of nitrogens with zero attached hydrogens (tertiary/aromatic N) is 3. The predicted octanol–water partition coefficient (Wildman–Crippen LogP) is 4.26. The van der Waals surface area contributed by atoms with Gasteiger partial charge in [-0.15, -0.1) is 0 Å². The minimum atomic E-state index is -0.0755. The molecule has 1 aromatic heterocycles. The van der Waals surface area contributed by atoms with Crippen molar-refractivity contribution >= 4 is 29.1 Å². The van der Waals surface area contributed by atoms with Crippen LogP contribution in [0.5, 0.6) is 0 Å². The van der Waals surface area contributed by atoms with Gasteiger partial charge in [0.1, 0.15) is 5.69 Å². The van der Waals surface area contributed by atoms with E-state index in [1.165, 1.54) is 0 Å². The third kappa shape index (κ3) is 6.01. The maximum atomic E-state index is 13.0. The van der Waals surface area contributed by atoms with Gasteiger partial charge in [-0.05, 0) is 57.2 Å². The van der Waals surface area contributed by atoms with Crippen LogP contribution in [0.15, 0.2) is 24.3 Å². The van der Waals surface area contributed by atoms with Crippen LogP contribution in [-0.4, -0.2) is 53.1 Å². The summed E-state index contributed by atoms with van der Waals surface area (Å²) in [5.74, 6) is -0.0755. The first-order chi connectivity index (χ1) is 12.4. The molecule has 1 heterocycles. The van der Waals surface area contributed by atoms with Gasteiger partial charge < -0.3 is 9.80 Å². The molecule has 7 heteroatoms. The fraction of sp³-hybridized carbons (Fsp3) is 0.474. The molecule has 2 aromatic rings. The minimum absolute atomic E-state index is 0.0755. The van der Waals surface area contributed by atoms with E-state index in [2.05, 4.69) is 22.0 Å². The molecule has 0 aliphatic heterocycles. The molecule has 0 atom stereocenters. The highest BCUT2D eigenvalue weighted by Crippen LogP contribution is 2.23. The highest BCUT2D eigenvalue weighted by atomic mass is 35.5. The number of H-pyrrole nitrogens is 1. The molecular weight excluding hydrogens is 371 g/mol. The lowest BCUT2D eigenvalue weighted by Crippen LogP contribution is -2.33. The third-order valence-corrected chi connectivity index (χ3v) is 4.79. The van der Waals surface area contributed by atoms with Crippen LogP contribution in [0.4, 0.5) is 0 Å². The molecule has 26 heavy (non-hydrogen) atoms. The topological polar surface area (TPSA) is 52.2 Å². The zero-order chi connectivity index (χ0) is 19.1. The molecule has 0 saturated carbocycles. The molecule has 5 nitrogen and oxygen atoms in total. The number of aromatic nitrogens is 2. The van der Waals surface area contributed by atoms with Crippen LogP contribution in [-0.2, 0) is 13.0 Å². The molecule has 0 radical (unpaired) electrons. The van der Waals surface area contributed by atoms with Crippen LogP contribution in [0.2, 0.25) is 10.0 Å². The van der Waals surface area contributed by atoms with Gasteiger partial charge in [-0.25, -0.2) is 0 Å². The van der Waals surface area contributed by atoms with Crippen LogP contribution >= 0.6 is 23.2 Å². The van der Waals surface area contributed by atoms with E-state index < -0.39 is 0 Å². The summed E-state index contributed by atoms with van der Waals surface area (Å²) >= 11 is 12.1. The van der Waals surface area contributed by atoms with E-state index in [-0.39, 0.29) is 5.91 Å². The monoisotopic (exact) mass is 396 g/mol. The lowest BCUT2D eigenvalue weighted by Gasteiger charge is -2.23. The summed E-state index contributed by atoms with van der Waals surface area (Å²) in [7, 11) is 4.05. The van der Waals surface area contributed by atoms with E-state index >= 15 is 0 Å². The second-order valence-corrected chi connectivity index (χ2v) is 7.47. The summed E-state index contributed by atoms with van der Waals surface area (Å²) in [5, 5.41) is 8.16. The maximum Gasteiger partial charge on any atom is 0.274 e. The lowest BCUT2D eigenvalue weighted by atomic mass is 10.2. The Bertz CT molecular complexity index is 730. The van der Waals surface area contributed by atoms with Crippen LogP contribution in [0, 0.1) is 0 Å². The number of halogens is 2. The number of nitrogens with one attached hydrogen (secondary N) is 1. The van der Waals surface area contributed by atoms with Gasteiger partial charge in [0.2, 0.25) is 0 Å². The number of benzene rings is 1. The van der Waals surface area contributed by atoms with Gasteiger partial charge in [0, 0.05) is 18.8 Å². The van der Waals surface area contributed by atoms with Crippen molar-refractivity contribution in [1.29, 1.82) is 0 Å². The molecule has 0 aliphatic rings. The Hall–Kier alpha value is -1.56. The largest absolute Gasteiger partial charge is 0.333 e. The second kappa shape index (κ2) is 9.95. The van der Waals surface area contributed by atoms with Crippen molar-refractivity contribution in [3.8, 4) is 0 Å². The zero-order valence-corrected chi connectivity index (χ0v) is 17.1. The van der Waals surface area contributed by atoms with Gasteiger partial charge in [0.05, 0.1) is 10.0 Å². The van der Waals surface area contributed by atoms with Gasteiger partial charge in [0.15, 0.2) is 0 Å². The molecule has 1 amide bonds. The maximum absolute atomic E-state index is 13.0. The van der Waals surface area contributed by atoms with Crippen LogP contribution in [0.3, 0.4) is 0 Å². The summed E-state index contributed by atoms with van der Waals surface area (Å²) in [4.78, 5) is 16.9. The summed E-state index contributed by atoms with van der Waals surface area (Å²) in [6.07, 6.45) is 2.77. The predicted molar refractivity (Wildman–Crippen MR) is 107 cm³/mol. The van der Waals surface area contributed by atoms with Crippen molar-refractivity contribution in [3.05, 3.63) is 51.3 Å². The Labute approximate surface area is 165 Å². The second-order valence-electron chi connectivity index (χ2n) is 6.66. The standard InChI is InChI=1S/C19H26Cl2N4O/c1-4-6-15-12-18(23-22-15)19(26)25(10-5-9-24(2)3)13-14-7-8-16(20)17(21)11-14/h7-8,11-12H,4-6,9-10,13H2,1-3H3,(H,22,23). The Morgan fingerprint density at radius 3 is 2.58 bits per heavy atom. The van der Waals surface area contributed by atoms with Gasteiger partial charge in [-0.2, -0.15) is 5.10 Å². The van der Waals surface area contributed by atoms with Crippen molar-refractivity contribution in [2.75, 3.05) is 27.2 Å². The van der Waals surface area contributed by atoms with Gasteiger partial charge in [0.25, 0.3) is 5.91 Å². The molecule has 0 unspecified atom stereocenters. The van der Waals surface area contributed by atoms with Gasteiger partial charge in [-0.3, -0.25) is 9.89 Å². The fourth-order valence-electron chi connectivity index (χ4n) is 2.72. The molecule has 142 valence electrons. The lowest BCUT2D eigenvalue weighted by molar-refractivity contribution is 0.0731. The summed E-state index contributed by atoms with van der Waals surface area (Å²) in [5.41, 5.74) is 2.39. The molecule has 1 aromatic carbocycles. The molecule has 0 aliphatic carbocycles. The first kappa shape index (κ1) is 20.7. The number of carbonyl (C=O) groups is 1. The molecular formula is C19H26Cl2N4O. The van der Waals surface area contributed by atoms with Crippen molar-refractivity contribution in [2.45, 2.75) is 32.7 Å². The average molecular weight is 397 g/mol. The number of hydrogen-bond donors (Lipinski definition) is 1. The Balaban J connectivity index is 2.15. The SMILES string of the molecule is CCCc1cc(C(=O)N(CCCN(C)C)Cc2ccc(Cl)c(Cl)c2)n[nH]1. The molecule has 1 N–H and O–H groups in total. The van der Waals surface area contributed by atoms with E-state index in [4.69, 9.17) is 23.2 Å². The highest BCUT2D eigenvalue weighted by molar-refractivity contribution is 6.42. The normalized spacial score (nSPS) is 11.2. The zero-order valence-electron chi connectivity index (χ0n) is 15.6. The van der Waals surface area contributed by atoms with E-state index in [1.807, 2.05) is 37.2 Å². The molecule has 0 fully saturated rings. The average Bonchev–Trinajstić information content (AvgIpc) is 3.05. The van der Waals surface area contributed by atoms with Crippen molar-refractivity contribution in [1.82, 2.24) is 20.0 Å². The summed E-state index contributed by atoms with van der Waals surface area (Å²) in [6.45, 7) is 4.12. The quantitative estimate of drug-likeness (QED) is 0.688. The van der Waals surface area contributed by atoms with Crippen LogP contribution in [0.25, 0.3) is 0 Å². The first-order valence-electron chi connectivity index (χ1n) is 8.83. The molecule has 2 rings (SSSR count). The van der Waals surface area contributed by atoms with E-state index in [1.54, 1.807) is 6.07 Å². The fourth-order valence-corrected chi connectivity index (χ4v) is 3.04. The molecule has 0 spiro atoms. The van der Waals surface area contributed by atoms with E-state index in [9.17, 15) is 4.79 Å². The van der Waals surface area contributed by atoms with Crippen LogP contribution in [0.1, 0.15) is 41.5 Å². The summed E-state index contributed by atoms with van der Waals surface area (Å²) < 4.78 is 0. The molecule has 0 saturated heterocycles. The van der Waals surface area contributed by atoms with Gasteiger partial charge >= 0.3 is 0 Å². The number of hydrogen-bond acceptors (Lipinski definition) is 3. The smallest absolute Gasteiger partial charge is 0.274 e. The number of carbonyl (C=O) groups excluding carboxylic acids is 1. The van der Waals surface area contributed by atoms with Gasteiger partial charge in [-0.1, -0.05) is 42.6 Å². The van der Waals surface area contributed by atoms with Crippen molar-refractivity contribution in [2.24, 2.45) is 0 Å². The van der Waals surface area contributed by atoms with E-state index in [0.29, 0.717) is 28.8 Å². The number of amides is 1. The van der Waals surface area contributed by atoms with E-state index in [0.717, 1.165) is 37.1 Å². The minimum Gasteiger partial charge on any atom is -0.333 e. The van der Waals surface area contributed by atoms with Crippen molar-refractivity contribution < 1.29 is 4.79 Å². The number of aryl methyl sites for hydroxylation is 1. The Morgan fingerprint density at radius 1 is 1.15 bits per heavy atom. The molecule has 0 bridgehead atoms. The Kier molecular flexibility index (Phi) is 7.94. The first-order valence-corrected chi connectivity index (χ1v) is 9.58. The Morgan fingerprint density at radius 2 is 1.92 bits per heavy atom. The van der Waals surface area contributed by atoms with Crippen molar-refractivity contribution in [3.63, 3.8) is 0 Å². The number of rotatable bonds is 9. The highest BCUT2D eigenvalue weighted by Gasteiger charge is 2.19. The van der Waals surface area contributed by atoms with Crippen LogP contribution < -0.4 is 0 Å². The summed E-state index contributed by atoms with van der Waals surface area (Å²) in [6, 6.07) is 7.31. The third-order valence-electron chi connectivity index (χ3n) is 4.05.